The smallest absolute Gasteiger partial charge is 0.307 e. The molecule has 2 unspecified atom stereocenters. The van der Waals surface area contributed by atoms with Crippen LogP contribution in [0.4, 0.5) is 0 Å². The maximum Gasteiger partial charge on any atom is 0.307 e. The lowest BCUT2D eigenvalue weighted by Crippen LogP contribution is -2.46. The molecular weight excluding hydrogens is 344 g/mol. The summed E-state index contributed by atoms with van der Waals surface area (Å²) in [5.74, 6) is -0.135. The van der Waals surface area contributed by atoms with E-state index in [4.69, 9.17) is 0 Å². The maximum absolute atomic E-state index is 12.6. The van der Waals surface area contributed by atoms with Gasteiger partial charge in [-0.05, 0) is 60.5 Å². The summed E-state index contributed by atoms with van der Waals surface area (Å²) in [7, 11) is 0. The van der Waals surface area contributed by atoms with Gasteiger partial charge in [-0.25, -0.2) is 0 Å². The predicted octanol–water partition coefficient (Wildman–Crippen LogP) is 6.40. The Labute approximate surface area is 170 Å². The van der Waals surface area contributed by atoms with Crippen LogP contribution in [0.25, 0.3) is 0 Å². The van der Waals surface area contributed by atoms with E-state index in [1.807, 2.05) is 24.3 Å². The van der Waals surface area contributed by atoms with Gasteiger partial charge in [-0.3, -0.25) is 4.79 Å². The molecule has 2 atom stereocenters. The van der Waals surface area contributed by atoms with Crippen LogP contribution in [0, 0.1) is 23.2 Å². The molecule has 1 saturated carbocycles. The Morgan fingerprint density at radius 1 is 0.964 bits per heavy atom. The van der Waals surface area contributed by atoms with E-state index in [-0.39, 0.29) is 11.3 Å². The van der Waals surface area contributed by atoms with Crippen molar-refractivity contribution in [2.24, 2.45) is 23.2 Å². The van der Waals surface area contributed by atoms with E-state index in [0.717, 1.165) is 18.4 Å². The molecule has 0 bridgehead atoms. The van der Waals surface area contributed by atoms with Crippen molar-refractivity contribution in [3.63, 3.8) is 0 Å². The number of benzene rings is 2. The molecule has 1 fully saturated rings. The molecule has 1 N–H and O–H groups in total. The minimum Gasteiger partial charge on any atom is -0.481 e. The lowest BCUT2D eigenvalue weighted by atomic mass is 9.56. The Balaban J connectivity index is 1.97. The summed E-state index contributed by atoms with van der Waals surface area (Å²) in [6, 6.07) is 20.8. The number of carboxylic acid groups (broad SMARTS) is 1. The first-order chi connectivity index (χ1) is 13.5. The van der Waals surface area contributed by atoms with Crippen molar-refractivity contribution in [3.05, 3.63) is 71.8 Å². The molecule has 28 heavy (non-hydrogen) atoms. The van der Waals surface area contributed by atoms with Gasteiger partial charge in [-0.15, -0.1) is 0 Å². The van der Waals surface area contributed by atoms with Gasteiger partial charge in [-0.2, -0.15) is 0 Å². The van der Waals surface area contributed by atoms with Gasteiger partial charge >= 0.3 is 5.97 Å². The highest BCUT2D eigenvalue weighted by atomic mass is 16.4. The van der Waals surface area contributed by atoms with Gasteiger partial charge in [0, 0.05) is 0 Å². The van der Waals surface area contributed by atoms with Crippen molar-refractivity contribution in [2.75, 3.05) is 0 Å². The molecule has 0 radical (unpaired) electrons. The Morgan fingerprint density at radius 2 is 1.50 bits per heavy atom. The minimum absolute atomic E-state index is 0.173. The second-order valence-corrected chi connectivity index (χ2v) is 8.81. The second kappa shape index (κ2) is 9.41. The summed E-state index contributed by atoms with van der Waals surface area (Å²) < 4.78 is 0. The van der Waals surface area contributed by atoms with Crippen LogP contribution in [-0.2, 0) is 17.6 Å². The molecule has 2 nitrogen and oxygen atoms in total. The normalized spacial score (nSPS) is 18.1. The monoisotopic (exact) mass is 378 g/mol. The van der Waals surface area contributed by atoms with Crippen molar-refractivity contribution in [1.82, 2.24) is 0 Å². The summed E-state index contributed by atoms with van der Waals surface area (Å²) in [5, 5.41) is 10.4. The first kappa shape index (κ1) is 20.6. The highest BCUT2D eigenvalue weighted by molar-refractivity contribution is 5.71. The van der Waals surface area contributed by atoms with Crippen molar-refractivity contribution in [1.29, 1.82) is 0 Å². The van der Waals surface area contributed by atoms with Crippen molar-refractivity contribution in [2.45, 2.75) is 58.8 Å². The number of aryl methyl sites for hydroxylation is 1. The molecule has 2 heteroatoms. The minimum atomic E-state index is -0.627. The number of carbonyl (C=O) groups is 1. The van der Waals surface area contributed by atoms with Crippen LogP contribution in [0.1, 0.15) is 57.1 Å². The number of aliphatic carboxylic acids is 1. The zero-order valence-corrected chi connectivity index (χ0v) is 17.3. The highest BCUT2D eigenvalue weighted by Gasteiger charge is 2.50. The summed E-state index contributed by atoms with van der Waals surface area (Å²) in [4.78, 5) is 12.6. The van der Waals surface area contributed by atoms with Crippen LogP contribution in [-0.4, -0.2) is 11.1 Å². The van der Waals surface area contributed by atoms with Gasteiger partial charge in [0.2, 0.25) is 0 Å². The van der Waals surface area contributed by atoms with Crippen molar-refractivity contribution in [3.8, 4) is 0 Å². The van der Waals surface area contributed by atoms with Crippen LogP contribution >= 0.6 is 0 Å². The standard InChI is InChI=1S/C26H34O2/c1-20(2)26(23-15-9-10-16-23,18-17-21-11-5-3-6-12-21)24(25(27)28)19-22-13-7-4-8-14-22/h3-8,11-14,20,23-24H,9-10,15-19H2,1-2H3,(H,27,28). The van der Waals surface area contributed by atoms with Gasteiger partial charge in [0.15, 0.2) is 0 Å². The fraction of sp³-hybridized carbons (Fsp3) is 0.500. The van der Waals surface area contributed by atoms with E-state index in [1.165, 1.54) is 31.2 Å². The van der Waals surface area contributed by atoms with E-state index < -0.39 is 5.97 Å². The SMILES string of the molecule is CC(C)C(CCc1ccccc1)(C1CCCC1)C(Cc1ccccc1)C(=O)O. The van der Waals surface area contributed by atoms with Gasteiger partial charge in [0.05, 0.1) is 5.92 Å². The molecule has 0 aliphatic heterocycles. The Bertz CT molecular complexity index is 732. The summed E-state index contributed by atoms with van der Waals surface area (Å²) >= 11 is 0. The van der Waals surface area contributed by atoms with E-state index >= 15 is 0 Å². The van der Waals surface area contributed by atoms with Crippen LogP contribution in [0.2, 0.25) is 0 Å². The summed E-state index contributed by atoms with van der Waals surface area (Å²) in [6.07, 6.45) is 7.35. The first-order valence-corrected chi connectivity index (χ1v) is 10.8. The largest absolute Gasteiger partial charge is 0.481 e. The second-order valence-electron chi connectivity index (χ2n) is 8.81. The fourth-order valence-corrected chi connectivity index (χ4v) is 5.65. The molecule has 1 aliphatic carbocycles. The first-order valence-electron chi connectivity index (χ1n) is 10.8. The predicted molar refractivity (Wildman–Crippen MR) is 115 cm³/mol. The third-order valence-electron chi connectivity index (χ3n) is 7.11. The Morgan fingerprint density at radius 3 is 2.00 bits per heavy atom. The number of rotatable bonds is 9. The van der Waals surface area contributed by atoms with Crippen LogP contribution < -0.4 is 0 Å². The average Bonchev–Trinajstić information content (AvgIpc) is 3.24. The average molecular weight is 379 g/mol. The molecule has 0 aromatic heterocycles. The Hall–Kier alpha value is -2.09. The van der Waals surface area contributed by atoms with Crippen LogP contribution in [0.15, 0.2) is 60.7 Å². The zero-order valence-electron chi connectivity index (χ0n) is 17.3. The maximum atomic E-state index is 12.6. The van der Waals surface area contributed by atoms with E-state index in [1.54, 1.807) is 0 Å². The van der Waals surface area contributed by atoms with Crippen molar-refractivity contribution < 1.29 is 9.90 Å². The van der Waals surface area contributed by atoms with Gasteiger partial charge < -0.3 is 5.11 Å². The van der Waals surface area contributed by atoms with Crippen LogP contribution in [0.5, 0.6) is 0 Å². The third kappa shape index (κ3) is 4.48. The molecule has 0 saturated heterocycles. The molecule has 0 heterocycles. The number of hydrogen-bond acceptors (Lipinski definition) is 1. The van der Waals surface area contributed by atoms with Gasteiger partial charge in [-0.1, -0.05) is 87.4 Å². The summed E-state index contributed by atoms with van der Waals surface area (Å²) in [6.45, 7) is 4.51. The lowest BCUT2D eigenvalue weighted by molar-refractivity contribution is -0.152. The third-order valence-corrected chi connectivity index (χ3v) is 7.11. The molecule has 2 aromatic rings. The summed E-state index contributed by atoms with van der Waals surface area (Å²) in [5.41, 5.74) is 2.28. The topological polar surface area (TPSA) is 37.3 Å². The van der Waals surface area contributed by atoms with Gasteiger partial charge in [0.1, 0.15) is 0 Å². The van der Waals surface area contributed by atoms with Crippen LogP contribution in [0.3, 0.4) is 0 Å². The number of carboxylic acids is 1. The van der Waals surface area contributed by atoms with Gasteiger partial charge in [0.25, 0.3) is 0 Å². The zero-order chi connectivity index (χ0) is 20.0. The van der Waals surface area contributed by atoms with E-state index in [9.17, 15) is 9.90 Å². The molecule has 2 aromatic carbocycles. The van der Waals surface area contributed by atoms with Crippen molar-refractivity contribution >= 4 is 5.97 Å². The quantitative estimate of drug-likeness (QED) is 0.548. The molecule has 0 spiro atoms. The molecular formula is C26H34O2. The highest BCUT2D eigenvalue weighted by Crippen LogP contribution is 2.53. The Kier molecular flexibility index (Phi) is 6.93. The molecule has 150 valence electrons. The molecule has 0 amide bonds. The van der Waals surface area contributed by atoms with E-state index in [2.05, 4.69) is 50.2 Å². The van der Waals surface area contributed by atoms with E-state index in [0.29, 0.717) is 18.3 Å². The molecule has 1 aliphatic rings. The number of hydrogen-bond donors (Lipinski definition) is 1. The molecule has 3 rings (SSSR count). The fourth-order valence-electron chi connectivity index (χ4n) is 5.65. The lowest BCUT2D eigenvalue weighted by Gasteiger charge is -2.47.